The maximum Gasteiger partial charge on any atom is 0.142 e. The lowest BCUT2D eigenvalue weighted by Crippen LogP contribution is -2.08. The summed E-state index contributed by atoms with van der Waals surface area (Å²) < 4.78 is 2.04. The van der Waals surface area contributed by atoms with Gasteiger partial charge in [-0.3, -0.25) is 0 Å². The molecule has 0 amide bonds. The molecule has 0 bridgehead atoms. The molecule has 4 nitrogen and oxygen atoms in total. The number of nitriles is 1. The summed E-state index contributed by atoms with van der Waals surface area (Å²) in [6.45, 7) is 0. The van der Waals surface area contributed by atoms with Crippen molar-refractivity contribution in [3.05, 3.63) is 35.2 Å². The molecule has 1 aliphatic rings. The number of hydrogen-bond donors (Lipinski definition) is 1. The molecule has 0 atom stereocenters. The maximum absolute atomic E-state index is 9.48. The van der Waals surface area contributed by atoms with Crippen molar-refractivity contribution < 1.29 is 0 Å². The second-order valence-electron chi connectivity index (χ2n) is 5.35. The van der Waals surface area contributed by atoms with Gasteiger partial charge in [0.2, 0.25) is 0 Å². The number of aryl methyl sites for hydroxylation is 2. The minimum Gasteiger partial charge on any atom is -0.383 e. The van der Waals surface area contributed by atoms with Crippen LogP contribution in [0, 0.1) is 11.3 Å². The van der Waals surface area contributed by atoms with Gasteiger partial charge in [-0.05, 0) is 43.4 Å². The molecule has 0 spiro atoms. The molecule has 0 unspecified atom stereocenters. The molecule has 0 fully saturated rings. The minimum atomic E-state index is 0.365. The average Bonchev–Trinajstić information content (AvgIpc) is 2.71. The van der Waals surface area contributed by atoms with Crippen LogP contribution in [0.3, 0.4) is 0 Å². The third-order valence-corrected chi connectivity index (χ3v) is 4.06. The topological polar surface area (TPSA) is 67.6 Å². The molecule has 4 heteroatoms. The van der Waals surface area contributed by atoms with Gasteiger partial charge in [0.15, 0.2) is 0 Å². The number of aromatic nitrogens is 2. The van der Waals surface area contributed by atoms with Gasteiger partial charge in [-0.15, -0.1) is 0 Å². The Kier molecular flexibility index (Phi) is 3.19. The Labute approximate surface area is 118 Å². The van der Waals surface area contributed by atoms with E-state index in [2.05, 4.69) is 11.1 Å². The van der Waals surface area contributed by atoms with E-state index in [0.717, 1.165) is 42.6 Å². The third kappa shape index (κ3) is 1.96. The molecular formula is C16H18N4. The van der Waals surface area contributed by atoms with Crippen LogP contribution in [0.2, 0.25) is 0 Å². The van der Waals surface area contributed by atoms with Gasteiger partial charge in [-0.25, -0.2) is 4.98 Å². The molecule has 2 N–H and O–H groups in total. The van der Waals surface area contributed by atoms with E-state index < -0.39 is 0 Å². The zero-order valence-electron chi connectivity index (χ0n) is 11.7. The summed E-state index contributed by atoms with van der Waals surface area (Å²) in [7, 11) is 2.00. The van der Waals surface area contributed by atoms with Crippen molar-refractivity contribution in [2.24, 2.45) is 7.05 Å². The summed E-state index contributed by atoms with van der Waals surface area (Å²) >= 11 is 0. The van der Waals surface area contributed by atoms with Crippen LogP contribution in [0.5, 0.6) is 0 Å². The van der Waals surface area contributed by atoms with Gasteiger partial charge >= 0.3 is 0 Å². The first-order valence-electron chi connectivity index (χ1n) is 7.05. The Hall–Kier alpha value is -2.28. The molecule has 0 saturated heterocycles. The Morgan fingerprint density at radius 3 is 2.80 bits per heavy atom. The van der Waals surface area contributed by atoms with Crippen molar-refractivity contribution >= 4 is 5.82 Å². The van der Waals surface area contributed by atoms with Crippen LogP contribution in [0.25, 0.3) is 11.3 Å². The normalized spacial score (nSPS) is 14.4. The van der Waals surface area contributed by atoms with Gasteiger partial charge in [-0.1, -0.05) is 6.42 Å². The van der Waals surface area contributed by atoms with Gasteiger partial charge in [0.1, 0.15) is 17.5 Å². The van der Waals surface area contributed by atoms with Crippen LogP contribution in [0.1, 0.15) is 36.1 Å². The monoisotopic (exact) mass is 266 g/mol. The molecule has 0 saturated carbocycles. The minimum absolute atomic E-state index is 0.365. The van der Waals surface area contributed by atoms with E-state index in [1.54, 1.807) is 0 Å². The van der Waals surface area contributed by atoms with E-state index >= 15 is 0 Å². The molecule has 0 aromatic carbocycles. The SMILES string of the molecule is Cn1cccc1-c1c(C#N)c(N)nc2c1CCCCC2. The van der Waals surface area contributed by atoms with E-state index in [1.165, 1.54) is 12.0 Å². The fourth-order valence-corrected chi connectivity index (χ4v) is 3.06. The van der Waals surface area contributed by atoms with Crippen LogP contribution in [0.15, 0.2) is 18.3 Å². The van der Waals surface area contributed by atoms with Gasteiger partial charge < -0.3 is 10.3 Å². The first-order chi connectivity index (χ1) is 9.72. The Morgan fingerprint density at radius 2 is 2.10 bits per heavy atom. The number of rotatable bonds is 1. The summed E-state index contributed by atoms with van der Waals surface area (Å²) in [5, 5.41) is 9.48. The van der Waals surface area contributed by atoms with Gasteiger partial charge in [0.05, 0.1) is 0 Å². The number of anilines is 1. The zero-order chi connectivity index (χ0) is 14.1. The second kappa shape index (κ2) is 5.01. The first kappa shape index (κ1) is 12.7. The molecule has 0 radical (unpaired) electrons. The smallest absolute Gasteiger partial charge is 0.142 e. The van der Waals surface area contributed by atoms with Gasteiger partial charge in [-0.2, -0.15) is 5.26 Å². The molecular weight excluding hydrogens is 248 g/mol. The predicted molar refractivity (Wildman–Crippen MR) is 79.0 cm³/mol. The number of nitrogen functional groups attached to an aromatic ring is 1. The number of pyridine rings is 1. The Morgan fingerprint density at radius 1 is 1.30 bits per heavy atom. The molecule has 20 heavy (non-hydrogen) atoms. The standard InChI is InChI=1S/C16H18N4/c1-20-9-5-8-14(20)15-11-6-3-2-4-7-13(11)19-16(18)12(15)10-17/h5,8-9H,2-4,6-7H2,1H3,(H2,18,19). The van der Waals surface area contributed by atoms with Crippen LogP contribution in [0.4, 0.5) is 5.82 Å². The van der Waals surface area contributed by atoms with Gasteiger partial charge in [0, 0.05) is 30.2 Å². The molecule has 0 aliphatic heterocycles. The van der Waals surface area contributed by atoms with E-state index in [9.17, 15) is 5.26 Å². The predicted octanol–water partition coefficient (Wildman–Crippen LogP) is 2.81. The molecule has 2 heterocycles. The first-order valence-corrected chi connectivity index (χ1v) is 7.05. The lowest BCUT2D eigenvalue weighted by molar-refractivity contribution is 0.709. The van der Waals surface area contributed by atoms with E-state index in [0.29, 0.717) is 11.4 Å². The number of hydrogen-bond acceptors (Lipinski definition) is 3. The summed E-state index contributed by atoms with van der Waals surface area (Å²) in [5.74, 6) is 0.365. The number of fused-ring (bicyclic) bond motifs is 1. The lowest BCUT2D eigenvalue weighted by atomic mass is 9.95. The second-order valence-corrected chi connectivity index (χ2v) is 5.35. The fourth-order valence-electron chi connectivity index (χ4n) is 3.06. The molecule has 3 rings (SSSR count). The fraction of sp³-hybridized carbons (Fsp3) is 0.375. The number of nitrogens with two attached hydrogens (primary N) is 1. The van der Waals surface area contributed by atoms with E-state index in [-0.39, 0.29) is 0 Å². The Balaban J connectivity index is 2.33. The molecule has 2 aromatic rings. The Bertz CT molecular complexity index is 691. The van der Waals surface area contributed by atoms with Crippen molar-refractivity contribution in [3.8, 4) is 17.3 Å². The summed E-state index contributed by atoms with van der Waals surface area (Å²) in [5.41, 5.74) is 10.9. The van der Waals surface area contributed by atoms with Crippen molar-refractivity contribution in [3.63, 3.8) is 0 Å². The van der Waals surface area contributed by atoms with Crippen LogP contribution in [-0.2, 0) is 19.9 Å². The molecule has 2 aromatic heterocycles. The quantitative estimate of drug-likeness (QED) is 0.807. The highest BCUT2D eigenvalue weighted by Gasteiger charge is 2.22. The summed E-state index contributed by atoms with van der Waals surface area (Å²) in [6.07, 6.45) is 7.46. The molecule has 1 aliphatic carbocycles. The highest BCUT2D eigenvalue weighted by Crippen LogP contribution is 2.35. The van der Waals surface area contributed by atoms with Crippen molar-refractivity contribution in [2.45, 2.75) is 32.1 Å². The number of nitrogens with zero attached hydrogens (tertiary/aromatic N) is 3. The van der Waals surface area contributed by atoms with E-state index in [4.69, 9.17) is 5.73 Å². The zero-order valence-corrected chi connectivity index (χ0v) is 11.7. The summed E-state index contributed by atoms with van der Waals surface area (Å²) in [4.78, 5) is 4.49. The highest BCUT2D eigenvalue weighted by atomic mass is 14.9. The largest absolute Gasteiger partial charge is 0.383 e. The van der Waals surface area contributed by atoms with Gasteiger partial charge in [0.25, 0.3) is 0 Å². The third-order valence-electron chi connectivity index (χ3n) is 4.06. The summed E-state index contributed by atoms with van der Waals surface area (Å²) in [6, 6.07) is 6.29. The van der Waals surface area contributed by atoms with Crippen LogP contribution >= 0.6 is 0 Å². The van der Waals surface area contributed by atoms with Crippen molar-refractivity contribution in [1.82, 2.24) is 9.55 Å². The molecule has 102 valence electrons. The average molecular weight is 266 g/mol. The van der Waals surface area contributed by atoms with Crippen LogP contribution in [-0.4, -0.2) is 9.55 Å². The highest BCUT2D eigenvalue weighted by molar-refractivity contribution is 5.77. The maximum atomic E-state index is 9.48. The van der Waals surface area contributed by atoms with E-state index in [1.807, 2.05) is 29.9 Å². The van der Waals surface area contributed by atoms with Crippen molar-refractivity contribution in [2.75, 3.05) is 5.73 Å². The van der Waals surface area contributed by atoms with Crippen molar-refractivity contribution in [1.29, 1.82) is 5.26 Å². The lowest BCUT2D eigenvalue weighted by Gasteiger charge is -2.16. The van der Waals surface area contributed by atoms with Crippen LogP contribution < -0.4 is 5.73 Å².